The average molecular weight is 526 g/mol. The van der Waals surface area contributed by atoms with Crippen LogP contribution < -0.4 is 10.9 Å². The molecule has 1 fully saturated rings. The minimum absolute atomic E-state index is 0.0123. The number of hydrogen-bond acceptors (Lipinski definition) is 5. The lowest BCUT2D eigenvalue weighted by Crippen LogP contribution is -2.29. The number of thioether (sulfide) groups is 1. The van der Waals surface area contributed by atoms with Gasteiger partial charge in [0.25, 0.3) is 11.5 Å². The van der Waals surface area contributed by atoms with E-state index in [-0.39, 0.29) is 29.0 Å². The van der Waals surface area contributed by atoms with Crippen LogP contribution in [-0.2, 0) is 0 Å². The molecule has 0 radical (unpaired) electrons. The van der Waals surface area contributed by atoms with Gasteiger partial charge in [0, 0.05) is 22.9 Å². The summed E-state index contributed by atoms with van der Waals surface area (Å²) in [5, 5.41) is 3.97. The maximum atomic E-state index is 13.7. The molecule has 1 saturated carbocycles. The van der Waals surface area contributed by atoms with E-state index in [2.05, 4.69) is 11.4 Å². The first-order chi connectivity index (χ1) is 18.4. The number of aryl methyl sites for hydroxylation is 2. The van der Waals surface area contributed by atoms with E-state index in [1.807, 2.05) is 44.2 Å². The number of amides is 1. The molecular weight excluding hydrogens is 494 g/mol. The Morgan fingerprint density at radius 2 is 1.63 bits per heavy atom. The standard InChI is InChI=1S/C31H31N3O3S/c1-20-15-21(2)17-24(16-20)32-29(36)23-13-14-26-27(18-23)33-31(34(30(26)37)25-11-7-4-8-12-25)38-19-28(35)22-9-5-3-6-10-22/h3,5-6,9-10,13-18,25H,4,7-8,11-12,19H2,1-2H3,(H,32,36). The Labute approximate surface area is 226 Å². The Balaban J connectivity index is 1.49. The summed E-state index contributed by atoms with van der Waals surface area (Å²) in [6.07, 6.45) is 5.15. The van der Waals surface area contributed by atoms with Gasteiger partial charge in [-0.2, -0.15) is 0 Å². The van der Waals surface area contributed by atoms with Gasteiger partial charge < -0.3 is 5.32 Å². The van der Waals surface area contributed by atoms with Gasteiger partial charge in [-0.25, -0.2) is 4.98 Å². The molecule has 4 aromatic rings. The van der Waals surface area contributed by atoms with E-state index in [0.717, 1.165) is 42.5 Å². The van der Waals surface area contributed by atoms with Crippen LogP contribution in [-0.4, -0.2) is 27.0 Å². The van der Waals surface area contributed by atoms with E-state index in [1.165, 1.54) is 18.2 Å². The summed E-state index contributed by atoms with van der Waals surface area (Å²) in [4.78, 5) is 44.5. The largest absolute Gasteiger partial charge is 0.322 e. The van der Waals surface area contributed by atoms with Gasteiger partial charge in [-0.05, 0) is 68.1 Å². The second-order valence-corrected chi connectivity index (χ2v) is 10.9. The van der Waals surface area contributed by atoms with Gasteiger partial charge in [-0.15, -0.1) is 0 Å². The molecule has 1 aliphatic carbocycles. The van der Waals surface area contributed by atoms with E-state index >= 15 is 0 Å². The van der Waals surface area contributed by atoms with Gasteiger partial charge in [0.15, 0.2) is 10.9 Å². The fourth-order valence-electron chi connectivity index (χ4n) is 5.17. The molecule has 6 nitrogen and oxygen atoms in total. The zero-order valence-electron chi connectivity index (χ0n) is 21.7. The SMILES string of the molecule is Cc1cc(C)cc(NC(=O)c2ccc3c(=O)n(C4CCCCC4)c(SCC(=O)c4ccccc4)nc3c2)c1. The maximum absolute atomic E-state index is 13.7. The Morgan fingerprint density at radius 1 is 0.921 bits per heavy atom. The number of nitrogens with one attached hydrogen (secondary N) is 1. The summed E-state index contributed by atoms with van der Waals surface area (Å²) in [5.41, 5.74) is 4.27. The Kier molecular flexibility index (Phi) is 7.74. The van der Waals surface area contributed by atoms with Crippen LogP contribution in [0, 0.1) is 13.8 Å². The molecule has 0 aliphatic heterocycles. The highest BCUT2D eigenvalue weighted by Crippen LogP contribution is 2.31. The summed E-state index contributed by atoms with van der Waals surface area (Å²) in [6.45, 7) is 3.98. The number of nitrogens with zero attached hydrogens (tertiary/aromatic N) is 2. The molecule has 1 amide bonds. The molecule has 1 aliphatic rings. The van der Waals surface area contributed by atoms with Gasteiger partial charge in [0.2, 0.25) is 0 Å². The molecule has 0 spiro atoms. The first-order valence-electron chi connectivity index (χ1n) is 13.1. The highest BCUT2D eigenvalue weighted by molar-refractivity contribution is 7.99. The van der Waals surface area contributed by atoms with Crippen molar-refractivity contribution in [2.24, 2.45) is 0 Å². The number of aromatic nitrogens is 2. The van der Waals surface area contributed by atoms with Crippen LogP contribution in [0.5, 0.6) is 0 Å². The summed E-state index contributed by atoms with van der Waals surface area (Å²) in [6, 6.07) is 20.2. The predicted octanol–water partition coefficient (Wildman–Crippen LogP) is 6.75. The van der Waals surface area contributed by atoms with Crippen molar-refractivity contribution < 1.29 is 9.59 Å². The molecule has 1 heterocycles. The van der Waals surface area contributed by atoms with Crippen LogP contribution in [0.2, 0.25) is 0 Å². The van der Waals surface area contributed by atoms with Gasteiger partial charge in [0.1, 0.15) is 0 Å². The van der Waals surface area contributed by atoms with E-state index in [4.69, 9.17) is 4.98 Å². The monoisotopic (exact) mass is 525 g/mol. The third kappa shape index (κ3) is 5.73. The second-order valence-electron chi connectivity index (χ2n) is 10.0. The molecule has 0 saturated heterocycles. The first kappa shape index (κ1) is 25.9. The molecule has 0 unspecified atom stereocenters. The smallest absolute Gasteiger partial charge is 0.262 e. The van der Waals surface area contributed by atoms with Crippen LogP contribution >= 0.6 is 11.8 Å². The third-order valence-corrected chi connectivity index (χ3v) is 7.93. The topological polar surface area (TPSA) is 81.1 Å². The lowest BCUT2D eigenvalue weighted by atomic mass is 9.95. The van der Waals surface area contributed by atoms with Crippen LogP contribution in [0.1, 0.15) is 70.0 Å². The number of rotatable bonds is 7. The van der Waals surface area contributed by atoms with Crippen molar-refractivity contribution in [2.75, 3.05) is 11.1 Å². The number of anilines is 1. The van der Waals surface area contributed by atoms with E-state index in [1.54, 1.807) is 34.9 Å². The number of hydrogen-bond donors (Lipinski definition) is 1. The molecular formula is C31H31N3O3S. The molecule has 38 heavy (non-hydrogen) atoms. The Hall–Kier alpha value is -3.71. The maximum Gasteiger partial charge on any atom is 0.262 e. The number of ketones is 1. The van der Waals surface area contributed by atoms with Crippen LogP contribution in [0.15, 0.2) is 76.7 Å². The number of Topliss-reactive ketones (excluding diaryl/α,β-unsaturated/α-hetero) is 1. The third-order valence-electron chi connectivity index (χ3n) is 6.98. The molecule has 1 N–H and O–H groups in total. The minimum Gasteiger partial charge on any atom is -0.322 e. The molecule has 3 aromatic carbocycles. The van der Waals surface area contributed by atoms with Crippen LogP contribution in [0.4, 0.5) is 5.69 Å². The zero-order chi connectivity index (χ0) is 26.6. The van der Waals surface area contributed by atoms with Gasteiger partial charge in [-0.1, -0.05) is 67.4 Å². The predicted molar refractivity (Wildman–Crippen MR) is 153 cm³/mol. The Bertz CT molecular complexity index is 1540. The van der Waals surface area contributed by atoms with Crippen LogP contribution in [0.3, 0.4) is 0 Å². The average Bonchev–Trinajstić information content (AvgIpc) is 2.92. The summed E-state index contributed by atoms with van der Waals surface area (Å²) in [5.74, 6) is -0.0907. The van der Waals surface area contributed by atoms with Crippen molar-refractivity contribution >= 4 is 40.0 Å². The number of carbonyl (C=O) groups is 2. The van der Waals surface area contributed by atoms with E-state index in [0.29, 0.717) is 27.2 Å². The molecule has 0 atom stereocenters. The highest BCUT2D eigenvalue weighted by atomic mass is 32.2. The molecule has 5 rings (SSSR count). The molecule has 194 valence electrons. The highest BCUT2D eigenvalue weighted by Gasteiger charge is 2.23. The van der Waals surface area contributed by atoms with Crippen molar-refractivity contribution in [3.8, 4) is 0 Å². The molecule has 7 heteroatoms. The van der Waals surface area contributed by atoms with Gasteiger partial charge >= 0.3 is 0 Å². The zero-order valence-corrected chi connectivity index (χ0v) is 22.5. The van der Waals surface area contributed by atoms with Crippen molar-refractivity contribution in [3.63, 3.8) is 0 Å². The normalized spacial score (nSPS) is 13.9. The minimum atomic E-state index is -0.261. The van der Waals surface area contributed by atoms with E-state index < -0.39 is 0 Å². The molecule has 1 aromatic heterocycles. The fraction of sp³-hybridized carbons (Fsp3) is 0.290. The number of benzene rings is 3. The van der Waals surface area contributed by atoms with Crippen molar-refractivity contribution in [1.82, 2.24) is 9.55 Å². The van der Waals surface area contributed by atoms with Crippen molar-refractivity contribution in [3.05, 3.63) is 99.3 Å². The van der Waals surface area contributed by atoms with Gasteiger partial charge in [0.05, 0.1) is 16.7 Å². The first-order valence-corrected chi connectivity index (χ1v) is 14.0. The summed E-state index contributed by atoms with van der Waals surface area (Å²) < 4.78 is 1.79. The summed E-state index contributed by atoms with van der Waals surface area (Å²) in [7, 11) is 0. The lowest BCUT2D eigenvalue weighted by molar-refractivity contribution is 0.101. The second kappa shape index (κ2) is 11.4. The number of carbonyl (C=O) groups excluding carboxylic acids is 2. The Morgan fingerprint density at radius 3 is 2.34 bits per heavy atom. The van der Waals surface area contributed by atoms with Crippen molar-refractivity contribution in [1.29, 1.82) is 0 Å². The molecule has 0 bridgehead atoms. The van der Waals surface area contributed by atoms with E-state index in [9.17, 15) is 14.4 Å². The van der Waals surface area contributed by atoms with Gasteiger partial charge in [-0.3, -0.25) is 19.0 Å². The number of fused-ring (bicyclic) bond motifs is 1. The van der Waals surface area contributed by atoms with Crippen LogP contribution in [0.25, 0.3) is 10.9 Å². The fourth-order valence-corrected chi connectivity index (χ4v) is 6.13. The quantitative estimate of drug-likeness (QED) is 0.164. The summed E-state index contributed by atoms with van der Waals surface area (Å²) >= 11 is 1.29. The van der Waals surface area contributed by atoms with Crippen molar-refractivity contribution in [2.45, 2.75) is 57.1 Å². The lowest BCUT2D eigenvalue weighted by Gasteiger charge is -2.26.